The number of hydrogen-bond acceptors (Lipinski definition) is 2. The van der Waals surface area contributed by atoms with Gasteiger partial charge in [-0.25, -0.2) is 0 Å². The maximum absolute atomic E-state index is 12.4. The highest BCUT2D eigenvalue weighted by molar-refractivity contribution is 6.02. The van der Waals surface area contributed by atoms with E-state index in [0.29, 0.717) is 17.2 Å². The fraction of sp³-hybridized carbons (Fsp3) is 0.625. The van der Waals surface area contributed by atoms with Crippen molar-refractivity contribution >= 4 is 11.7 Å². The molecule has 0 saturated heterocycles. The van der Waals surface area contributed by atoms with Gasteiger partial charge in [0.25, 0.3) is 5.91 Å². The number of hydrogen-bond donors (Lipinski definition) is 2. The van der Waals surface area contributed by atoms with Gasteiger partial charge in [-0.1, -0.05) is 19.8 Å². The molecule has 1 aliphatic carbocycles. The highest BCUT2D eigenvalue weighted by Crippen LogP contribution is 2.25. The Labute approximate surface area is 120 Å². The van der Waals surface area contributed by atoms with E-state index in [1.807, 2.05) is 13.8 Å². The number of carbonyl (C=O) groups excluding carboxylic acids is 2. The van der Waals surface area contributed by atoms with Crippen LogP contribution >= 0.6 is 0 Å². The van der Waals surface area contributed by atoms with Crippen molar-refractivity contribution in [1.29, 1.82) is 0 Å². The second-order valence-corrected chi connectivity index (χ2v) is 6.02. The minimum atomic E-state index is -0.0863. The number of nitrogens with one attached hydrogen (secondary N) is 2. The van der Waals surface area contributed by atoms with Gasteiger partial charge in [-0.15, -0.1) is 0 Å². The molecule has 0 bridgehead atoms. The smallest absolute Gasteiger partial charge is 0.268 e. The van der Waals surface area contributed by atoms with Gasteiger partial charge in [-0.3, -0.25) is 9.59 Å². The predicted molar refractivity (Wildman–Crippen MR) is 79.2 cm³/mol. The molecule has 2 atom stereocenters. The summed E-state index contributed by atoms with van der Waals surface area (Å²) in [5.41, 5.74) is 2.71. The monoisotopic (exact) mass is 276 g/mol. The molecule has 1 aromatic rings. The lowest BCUT2D eigenvalue weighted by Crippen LogP contribution is -2.41. The molecular weight excluding hydrogens is 252 g/mol. The van der Waals surface area contributed by atoms with Gasteiger partial charge in [0.15, 0.2) is 5.78 Å². The van der Waals surface area contributed by atoms with E-state index in [2.05, 4.69) is 17.2 Å². The zero-order chi connectivity index (χ0) is 14.9. The van der Waals surface area contributed by atoms with E-state index in [1.54, 1.807) is 0 Å². The van der Waals surface area contributed by atoms with E-state index in [0.717, 1.165) is 17.7 Å². The van der Waals surface area contributed by atoms with Crippen molar-refractivity contribution in [2.45, 2.75) is 59.4 Å². The second kappa shape index (κ2) is 5.81. The molecule has 2 N–H and O–H groups in total. The maximum Gasteiger partial charge on any atom is 0.268 e. The van der Waals surface area contributed by atoms with Crippen LogP contribution in [-0.4, -0.2) is 22.7 Å². The topological polar surface area (TPSA) is 62.0 Å². The fourth-order valence-corrected chi connectivity index (χ4v) is 3.28. The molecule has 0 spiro atoms. The Bertz CT molecular complexity index is 531. The Balaban J connectivity index is 2.17. The highest BCUT2D eigenvalue weighted by atomic mass is 16.2. The van der Waals surface area contributed by atoms with Gasteiger partial charge in [0.1, 0.15) is 5.69 Å². The summed E-state index contributed by atoms with van der Waals surface area (Å²) >= 11 is 0. The molecule has 20 heavy (non-hydrogen) atoms. The largest absolute Gasteiger partial charge is 0.354 e. The van der Waals surface area contributed by atoms with Gasteiger partial charge >= 0.3 is 0 Å². The van der Waals surface area contributed by atoms with E-state index in [-0.39, 0.29) is 17.7 Å². The van der Waals surface area contributed by atoms with Crippen LogP contribution in [0, 0.1) is 19.8 Å². The van der Waals surface area contributed by atoms with Crippen molar-refractivity contribution in [1.82, 2.24) is 10.3 Å². The summed E-state index contributed by atoms with van der Waals surface area (Å²) in [5, 5.41) is 3.12. The number of rotatable bonds is 3. The Hall–Kier alpha value is -1.58. The zero-order valence-electron chi connectivity index (χ0n) is 12.8. The number of H-pyrrole nitrogens is 1. The lowest BCUT2D eigenvalue weighted by molar-refractivity contribution is 0.0905. The number of carbonyl (C=O) groups is 2. The Kier molecular flexibility index (Phi) is 4.31. The minimum Gasteiger partial charge on any atom is -0.354 e. The molecule has 0 aromatic carbocycles. The first kappa shape index (κ1) is 14.8. The van der Waals surface area contributed by atoms with Gasteiger partial charge in [0, 0.05) is 17.3 Å². The molecule has 0 radical (unpaired) electrons. The Morgan fingerprint density at radius 2 is 1.85 bits per heavy atom. The van der Waals surface area contributed by atoms with Crippen molar-refractivity contribution < 1.29 is 9.59 Å². The first-order valence-electron chi connectivity index (χ1n) is 7.42. The summed E-state index contributed by atoms with van der Waals surface area (Å²) in [7, 11) is 0. The Morgan fingerprint density at radius 1 is 1.20 bits per heavy atom. The number of Topliss-reactive ketones (excluding diaryl/α,β-unsaturated/α-hetero) is 1. The molecule has 2 rings (SSSR count). The van der Waals surface area contributed by atoms with E-state index in [1.165, 1.54) is 26.2 Å². The molecular formula is C16H24N2O2. The van der Waals surface area contributed by atoms with Crippen LogP contribution in [0.25, 0.3) is 0 Å². The number of aromatic nitrogens is 1. The third-order valence-electron chi connectivity index (χ3n) is 4.44. The summed E-state index contributed by atoms with van der Waals surface area (Å²) < 4.78 is 0. The molecule has 1 aliphatic rings. The first-order valence-corrected chi connectivity index (χ1v) is 7.42. The first-order chi connectivity index (χ1) is 9.41. The lowest BCUT2D eigenvalue weighted by atomic mass is 9.86. The maximum atomic E-state index is 12.4. The number of amides is 1. The standard InChI is InChI=1S/C16H24N2O2/c1-9-7-5-6-8-13(9)18-16(20)15-10(2)14(12(4)19)11(3)17-15/h9,13,17H,5-8H2,1-4H3,(H,18,20)/t9-,13+/m0/s1. The van der Waals surface area contributed by atoms with Crippen molar-refractivity contribution in [3.05, 3.63) is 22.5 Å². The predicted octanol–water partition coefficient (Wildman–Crippen LogP) is 3.14. The summed E-state index contributed by atoms with van der Waals surface area (Å²) in [6.07, 6.45) is 4.65. The van der Waals surface area contributed by atoms with Crippen LogP contribution < -0.4 is 5.32 Å². The molecule has 110 valence electrons. The quantitative estimate of drug-likeness (QED) is 0.833. The lowest BCUT2D eigenvalue weighted by Gasteiger charge is -2.29. The van der Waals surface area contributed by atoms with Gasteiger partial charge in [0.2, 0.25) is 0 Å². The van der Waals surface area contributed by atoms with Crippen molar-refractivity contribution in [3.63, 3.8) is 0 Å². The average molecular weight is 276 g/mol. The van der Waals surface area contributed by atoms with Gasteiger partial charge < -0.3 is 10.3 Å². The summed E-state index contributed by atoms with van der Waals surface area (Å²) in [4.78, 5) is 27.1. The van der Waals surface area contributed by atoms with E-state index >= 15 is 0 Å². The van der Waals surface area contributed by atoms with Crippen molar-refractivity contribution in [3.8, 4) is 0 Å². The van der Waals surface area contributed by atoms with E-state index in [9.17, 15) is 9.59 Å². The number of aromatic amines is 1. The molecule has 4 nitrogen and oxygen atoms in total. The molecule has 1 amide bonds. The summed E-state index contributed by atoms with van der Waals surface area (Å²) in [6, 6.07) is 0.250. The summed E-state index contributed by atoms with van der Waals surface area (Å²) in [5.74, 6) is 0.439. The fourth-order valence-electron chi connectivity index (χ4n) is 3.28. The molecule has 1 aromatic heterocycles. The molecule has 1 fully saturated rings. The molecule has 1 saturated carbocycles. The second-order valence-electron chi connectivity index (χ2n) is 6.02. The highest BCUT2D eigenvalue weighted by Gasteiger charge is 2.26. The van der Waals surface area contributed by atoms with E-state index in [4.69, 9.17) is 0 Å². The van der Waals surface area contributed by atoms with Crippen LogP contribution in [0.4, 0.5) is 0 Å². The number of aryl methyl sites for hydroxylation is 1. The molecule has 1 heterocycles. The summed E-state index contributed by atoms with van der Waals surface area (Å²) in [6.45, 7) is 7.40. The van der Waals surface area contributed by atoms with Crippen molar-refractivity contribution in [2.24, 2.45) is 5.92 Å². The van der Waals surface area contributed by atoms with Crippen LogP contribution in [0.1, 0.15) is 71.6 Å². The van der Waals surface area contributed by atoms with Crippen LogP contribution in [0.15, 0.2) is 0 Å². The Morgan fingerprint density at radius 3 is 2.40 bits per heavy atom. The number of ketones is 1. The van der Waals surface area contributed by atoms with Crippen LogP contribution in [0.2, 0.25) is 0 Å². The van der Waals surface area contributed by atoms with Crippen molar-refractivity contribution in [2.75, 3.05) is 0 Å². The van der Waals surface area contributed by atoms with E-state index < -0.39 is 0 Å². The van der Waals surface area contributed by atoms with Crippen LogP contribution in [0.5, 0.6) is 0 Å². The van der Waals surface area contributed by atoms with Crippen LogP contribution in [0.3, 0.4) is 0 Å². The SMILES string of the molecule is CC(=O)c1c(C)[nH]c(C(=O)N[C@@H]2CCCC[C@@H]2C)c1C. The molecule has 4 heteroatoms. The molecule has 0 unspecified atom stereocenters. The van der Waals surface area contributed by atoms with Crippen LogP contribution in [-0.2, 0) is 0 Å². The van der Waals surface area contributed by atoms with Gasteiger partial charge in [-0.05, 0) is 45.1 Å². The van der Waals surface area contributed by atoms with Gasteiger partial charge in [-0.2, -0.15) is 0 Å². The zero-order valence-corrected chi connectivity index (χ0v) is 12.8. The third kappa shape index (κ3) is 2.79. The van der Waals surface area contributed by atoms with Gasteiger partial charge in [0.05, 0.1) is 0 Å². The third-order valence-corrected chi connectivity index (χ3v) is 4.44. The average Bonchev–Trinajstić information content (AvgIpc) is 2.67. The minimum absolute atomic E-state index is 0.00124. The molecule has 0 aliphatic heterocycles. The normalized spacial score (nSPS) is 22.6.